The van der Waals surface area contributed by atoms with Gasteiger partial charge in [-0.15, -0.1) is 0 Å². The second-order valence-electron chi connectivity index (χ2n) is 9.70. The number of piperidine rings is 1. The summed E-state index contributed by atoms with van der Waals surface area (Å²) in [4.78, 5) is 8.94. The van der Waals surface area contributed by atoms with E-state index in [0.717, 1.165) is 18.4 Å². The van der Waals surface area contributed by atoms with Crippen molar-refractivity contribution in [3.63, 3.8) is 0 Å². The fraction of sp³-hybridized carbons (Fsp3) is 0.435. The van der Waals surface area contributed by atoms with Gasteiger partial charge in [0.05, 0.1) is 62.6 Å². The van der Waals surface area contributed by atoms with Gasteiger partial charge in [0.25, 0.3) is 0 Å². The zero-order valence-corrected chi connectivity index (χ0v) is 22.8. The van der Waals surface area contributed by atoms with Gasteiger partial charge in [-0.25, -0.2) is 27.4 Å². The van der Waals surface area contributed by atoms with E-state index in [1.165, 1.54) is 6.20 Å². The maximum absolute atomic E-state index is 12.5. The minimum atomic E-state index is -3.15. The van der Waals surface area contributed by atoms with Crippen LogP contribution in [0.1, 0.15) is 31.2 Å². The molecule has 6 radical (unpaired) electrons. The van der Waals surface area contributed by atoms with E-state index in [4.69, 9.17) is 46.7 Å². The van der Waals surface area contributed by atoms with Crippen LogP contribution in [0.3, 0.4) is 0 Å². The van der Waals surface area contributed by atoms with Crippen molar-refractivity contribution in [1.29, 1.82) is 0 Å². The molecule has 3 aromatic rings. The van der Waals surface area contributed by atoms with Crippen LogP contribution in [0, 0.1) is 0 Å². The summed E-state index contributed by atoms with van der Waals surface area (Å²) in [6.07, 6.45) is 7.87. The molecule has 1 aromatic carbocycles. The van der Waals surface area contributed by atoms with Crippen LogP contribution in [0.15, 0.2) is 36.8 Å². The predicted molar refractivity (Wildman–Crippen MR) is 152 cm³/mol. The van der Waals surface area contributed by atoms with E-state index >= 15 is 0 Å². The molecule has 1 saturated carbocycles. The first-order chi connectivity index (χ1) is 18.0. The lowest BCUT2D eigenvalue weighted by atomic mass is 9.49. The van der Waals surface area contributed by atoms with Gasteiger partial charge < -0.3 is 10.6 Å². The molecule has 0 spiro atoms. The van der Waals surface area contributed by atoms with E-state index in [9.17, 15) is 8.42 Å². The van der Waals surface area contributed by atoms with Gasteiger partial charge in [0, 0.05) is 37.4 Å². The number of nitrogens with one attached hydrogen (secondary N) is 2. The van der Waals surface area contributed by atoms with Crippen LogP contribution in [0.2, 0.25) is 10.0 Å². The first-order valence-electron chi connectivity index (χ1n) is 12.2. The third kappa shape index (κ3) is 6.39. The highest BCUT2D eigenvalue weighted by atomic mass is 35.5. The quantitative estimate of drug-likeness (QED) is 0.383. The average Bonchev–Trinajstić information content (AvgIpc) is 3.63. The number of hydrogen-bond donors (Lipinski definition) is 2. The number of hydrogen-bond acceptors (Lipinski definition) is 7. The van der Waals surface area contributed by atoms with Crippen LogP contribution in [0.25, 0.3) is 16.9 Å². The zero-order valence-electron chi connectivity index (χ0n) is 20.5. The molecule has 1 aliphatic carbocycles. The second kappa shape index (κ2) is 10.8. The van der Waals surface area contributed by atoms with Crippen molar-refractivity contribution < 1.29 is 8.42 Å². The average molecular weight is 566 g/mol. The molecule has 1 aliphatic heterocycles. The van der Waals surface area contributed by atoms with Crippen LogP contribution in [0.5, 0.6) is 0 Å². The largest absolute Gasteiger partial charge is 0.351 e. The van der Waals surface area contributed by atoms with Crippen molar-refractivity contribution in [2.45, 2.75) is 48.8 Å². The Kier molecular flexibility index (Phi) is 7.85. The summed E-state index contributed by atoms with van der Waals surface area (Å²) in [6, 6.07) is 5.53. The molecule has 2 N–H and O–H groups in total. The molecule has 2 aromatic heterocycles. The van der Waals surface area contributed by atoms with E-state index in [-0.39, 0.29) is 11.3 Å². The highest BCUT2D eigenvalue weighted by Gasteiger charge is 2.41. The Hall–Kier alpha value is -2.05. The van der Waals surface area contributed by atoms with Gasteiger partial charge in [-0.2, -0.15) is 5.10 Å². The number of halogens is 2. The first-order valence-corrected chi connectivity index (χ1v) is 14.5. The van der Waals surface area contributed by atoms with Gasteiger partial charge in [0.1, 0.15) is 0 Å². The van der Waals surface area contributed by atoms with Crippen molar-refractivity contribution in [3.05, 3.63) is 52.4 Å². The summed E-state index contributed by atoms with van der Waals surface area (Å²) in [6.45, 7) is 1.32. The Morgan fingerprint density at radius 3 is 2.45 bits per heavy atom. The summed E-state index contributed by atoms with van der Waals surface area (Å²) in [5.41, 5.74) is 2.72. The summed E-state index contributed by atoms with van der Waals surface area (Å²) >= 11 is 12.9. The lowest BCUT2D eigenvalue weighted by molar-refractivity contribution is 0.328. The molecular weight excluding hydrogens is 542 g/mol. The Morgan fingerprint density at radius 1 is 1.05 bits per heavy atom. The lowest BCUT2D eigenvalue weighted by Gasteiger charge is -2.31. The van der Waals surface area contributed by atoms with Gasteiger partial charge in [0.2, 0.25) is 16.0 Å². The fourth-order valence-corrected chi connectivity index (χ4v) is 6.69. The van der Waals surface area contributed by atoms with Crippen LogP contribution >= 0.6 is 23.2 Å². The molecule has 9 nitrogen and oxygen atoms in total. The molecule has 15 heteroatoms. The van der Waals surface area contributed by atoms with Crippen LogP contribution in [0.4, 0.5) is 5.95 Å². The Labute approximate surface area is 236 Å². The molecular formula is C23H24B3Cl2N7O2S. The highest BCUT2D eigenvalue weighted by Crippen LogP contribution is 2.33. The molecule has 0 unspecified atom stereocenters. The topological polar surface area (TPSA) is 105 Å². The SMILES string of the molecule is [B]C([B])([B])NCc1ccc(-n2cc(-c3nc(NC4CCN(S(=O)(=O)C5CC5)CC4)ncc3Cl)cn2)c(Cl)c1. The maximum Gasteiger partial charge on any atom is 0.223 e. The van der Waals surface area contributed by atoms with Crippen molar-refractivity contribution in [3.8, 4) is 16.9 Å². The first kappa shape index (κ1) is 27.5. The molecule has 3 heterocycles. The van der Waals surface area contributed by atoms with Crippen LogP contribution in [-0.4, -0.2) is 85.6 Å². The van der Waals surface area contributed by atoms with E-state index in [1.54, 1.807) is 27.4 Å². The molecule has 0 atom stereocenters. The minimum absolute atomic E-state index is 0.0622. The molecule has 0 bridgehead atoms. The Bertz CT molecular complexity index is 1420. The number of nitrogens with zero attached hydrogens (tertiary/aromatic N) is 5. The van der Waals surface area contributed by atoms with E-state index in [1.807, 2.05) is 12.1 Å². The van der Waals surface area contributed by atoms with E-state index < -0.39 is 15.3 Å². The third-order valence-corrected chi connectivity index (χ3v) is 9.53. The molecule has 5 rings (SSSR count). The number of aromatic nitrogens is 4. The monoisotopic (exact) mass is 565 g/mol. The van der Waals surface area contributed by atoms with Crippen molar-refractivity contribution in [2.24, 2.45) is 0 Å². The van der Waals surface area contributed by atoms with Gasteiger partial charge in [-0.05, 0) is 43.4 Å². The molecule has 2 fully saturated rings. The zero-order chi connectivity index (χ0) is 27.1. The smallest absolute Gasteiger partial charge is 0.223 e. The predicted octanol–water partition coefficient (Wildman–Crippen LogP) is 2.21. The number of benzene rings is 1. The molecule has 1 saturated heterocycles. The molecule has 38 heavy (non-hydrogen) atoms. The van der Waals surface area contributed by atoms with Crippen molar-refractivity contribution in [2.75, 3.05) is 18.4 Å². The normalized spacial score (nSPS) is 17.5. The van der Waals surface area contributed by atoms with E-state index in [0.29, 0.717) is 65.4 Å². The standard InChI is InChI=1S/C23H24B3Cl2N7O2S/c24-23(25,26)30-10-14-1-4-20(18(27)9-14)35-13-15(11-31-35)21-19(28)12-29-22(33-21)32-16-5-7-34(8-6-16)38(36,37)17-2-3-17/h1,4,9,11-13,16-17,30H,2-3,5-8,10H2,(H,29,32,33). The summed E-state index contributed by atoms with van der Waals surface area (Å²) in [5, 5.41) is 9.73. The van der Waals surface area contributed by atoms with E-state index in [2.05, 4.69) is 25.7 Å². The number of anilines is 1. The van der Waals surface area contributed by atoms with Crippen LogP contribution < -0.4 is 10.6 Å². The number of rotatable bonds is 9. The van der Waals surface area contributed by atoms with Gasteiger partial charge in [0.15, 0.2) is 0 Å². The summed E-state index contributed by atoms with van der Waals surface area (Å²) in [7, 11) is 13.5. The number of sulfonamides is 1. The Morgan fingerprint density at radius 2 is 1.79 bits per heavy atom. The molecule has 192 valence electrons. The van der Waals surface area contributed by atoms with Gasteiger partial charge in [-0.1, -0.05) is 34.5 Å². The van der Waals surface area contributed by atoms with Crippen molar-refractivity contribution >= 4 is 62.7 Å². The summed E-state index contributed by atoms with van der Waals surface area (Å²) < 4.78 is 28.2. The minimum Gasteiger partial charge on any atom is -0.351 e. The van der Waals surface area contributed by atoms with Gasteiger partial charge >= 0.3 is 0 Å². The van der Waals surface area contributed by atoms with Gasteiger partial charge in [-0.3, -0.25) is 0 Å². The van der Waals surface area contributed by atoms with Crippen LogP contribution in [-0.2, 0) is 16.6 Å². The summed E-state index contributed by atoms with van der Waals surface area (Å²) in [5.74, 6) is 0.423. The maximum atomic E-state index is 12.5. The molecule has 0 amide bonds. The Balaban J connectivity index is 1.26. The molecule has 2 aliphatic rings. The van der Waals surface area contributed by atoms with Crippen molar-refractivity contribution in [1.82, 2.24) is 29.4 Å². The third-order valence-electron chi connectivity index (χ3n) is 6.55. The lowest BCUT2D eigenvalue weighted by Crippen LogP contribution is -2.46. The second-order valence-corrected chi connectivity index (χ2v) is 12.7. The fourth-order valence-electron chi connectivity index (χ4n) is 4.33. The highest BCUT2D eigenvalue weighted by molar-refractivity contribution is 7.90.